The van der Waals surface area contributed by atoms with Crippen molar-refractivity contribution in [1.82, 2.24) is 0 Å². The second kappa shape index (κ2) is 5.55. The Morgan fingerprint density at radius 3 is 2.90 bits per heavy atom. The monoisotopic (exact) mass is 269 g/mol. The van der Waals surface area contributed by atoms with Crippen LogP contribution in [0.4, 0.5) is 0 Å². The lowest BCUT2D eigenvalue weighted by molar-refractivity contribution is 0.161. The van der Waals surface area contributed by atoms with E-state index < -0.39 is 0 Å². The number of benzene rings is 2. The zero-order valence-electron chi connectivity index (χ0n) is 11.6. The van der Waals surface area contributed by atoms with Gasteiger partial charge in [0.1, 0.15) is 17.6 Å². The van der Waals surface area contributed by atoms with Crippen LogP contribution in [0.5, 0.6) is 11.5 Å². The lowest BCUT2D eigenvalue weighted by atomic mass is 9.93. The van der Waals surface area contributed by atoms with Crippen LogP contribution < -0.4 is 15.2 Å². The lowest BCUT2D eigenvalue weighted by Crippen LogP contribution is -2.24. The molecule has 1 aliphatic heterocycles. The maximum absolute atomic E-state index is 6.26. The summed E-state index contributed by atoms with van der Waals surface area (Å²) in [7, 11) is 0. The molecule has 1 heterocycles. The molecule has 2 aromatic carbocycles. The third-order valence-electron chi connectivity index (χ3n) is 3.60. The summed E-state index contributed by atoms with van der Waals surface area (Å²) in [6.45, 7) is 2.65. The van der Waals surface area contributed by atoms with E-state index in [0.717, 1.165) is 29.0 Å². The molecule has 2 atom stereocenters. The van der Waals surface area contributed by atoms with Gasteiger partial charge in [-0.3, -0.25) is 0 Å². The van der Waals surface area contributed by atoms with Crippen LogP contribution in [0.2, 0.25) is 0 Å². The van der Waals surface area contributed by atoms with Crippen LogP contribution in [-0.4, -0.2) is 6.61 Å². The van der Waals surface area contributed by atoms with Gasteiger partial charge in [0.15, 0.2) is 0 Å². The minimum atomic E-state index is -0.0136. The van der Waals surface area contributed by atoms with Gasteiger partial charge in [0.2, 0.25) is 0 Å². The molecule has 2 aromatic rings. The predicted octanol–water partition coefficient (Wildman–Crippen LogP) is 3.61. The largest absolute Gasteiger partial charge is 0.494 e. The second-order valence-electron chi connectivity index (χ2n) is 4.99. The van der Waals surface area contributed by atoms with Crippen LogP contribution in [0.1, 0.15) is 36.6 Å². The van der Waals surface area contributed by atoms with E-state index >= 15 is 0 Å². The number of fused-ring (bicyclic) bond motifs is 1. The molecule has 104 valence electrons. The van der Waals surface area contributed by atoms with E-state index in [4.69, 9.17) is 15.2 Å². The Morgan fingerprint density at radius 1 is 1.20 bits per heavy atom. The molecule has 2 unspecified atom stereocenters. The standard InChI is InChI=1S/C17H19NO2/c1-2-19-13-7-5-6-12(10-13)17-11-15(18)14-8-3-4-9-16(14)20-17/h3-10,15,17H,2,11,18H2,1H3. The quantitative estimate of drug-likeness (QED) is 0.925. The summed E-state index contributed by atoms with van der Waals surface area (Å²) in [5.41, 5.74) is 8.46. The zero-order chi connectivity index (χ0) is 13.9. The van der Waals surface area contributed by atoms with Crippen molar-refractivity contribution >= 4 is 0 Å². The van der Waals surface area contributed by atoms with Gasteiger partial charge in [-0.2, -0.15) is 0 Å². The van der Waals surface area contributed by atoms with Crippen molar-refractivity contribution in [3.63, 3.8) is 0 Å². The number of rotatable bonds is 3. The highest BCUT2D eigenvalue weighted by atomic mass is 16.5. The van der Waals surface area contributed by atoms with E-state index in [1.165, 1.54) is 0 Å². The average Bonchev–Trinajstić information content (AvgIpc) is 2.48. The molecule has 3 nitrogen and oxygen atoms in total. The first-order valence-corrected chi connectivity index (χ1v) is 7.02. The molecule has 0 saturated heterocycles. The van der Waals surface area contributed by atoms with Crippen LogP contribution in [0, 0.1) is 0 Å². The molecule has 3 rings (SSSR count). The maximum Gasteiger partial charge on any atom is 0.126 e. The molecule has 0 saturated carbocycles. The van der Waals surface area contributed by atoms with Gasteiger partial charge in [0.05, 0.1) is 6.61 Å². The third kappa shape index (κ3) is 2.49. The minimum absolute atomic E-state index is 0.0136. The Hall–Kier alpha value is -2.00. The number of hydrogen-bond acceptors (Lipinski definition) is 3. The molecule has 3 heteroatoms. The zero-order valence-corrected chi connectivity index (χ0v) is 11.6. The van der Waals surface area contributed by atoms with Crippen molar-refractivity contribution in [1.29, 1.82) is 0 Å². The van der Waals surface area contributed by atoms with Gasteiger partial charge in [0, 0.05) is 18.0 Å². The highest BCUT2D eigenvalue weighted by molar-refractivity contribution is 5.40. The first-order valence-electron chi connectivity index (χ1n) is 7.02. The molecule has 0 aromatic heterocycles. The van der Waals surface area contributed by atoms with Crippen molar-refractivity contribution in [3.05, 3.63) is 59.7 Å². The smallest absolute Gasteiger partial charge is 0.126 e. The predicted molar refractivity (Wildman–Crippen MR) is 79.0 cm³/mol. The van der Waals surface area contributed by atoms with Gasteiger partial charge >= 0.3 is 0 Å². The molecule has 0 aliphatic carbocycles. The molecular weight excluding hydrogens is 250 g/mol. The van der Waals surface area contributed by atoms with Crippen molar-refractivity contribution in [2.24, 2.45) is 5.73 Å². The van der Waals surface area contributed by atoms with Crippen LogP contribution >= 0.6 is 0 Å². The van der Waals surface area contributed by atoms with E-state index in [-0.39, 0.29) is 12.1 Å². The highest BCUT2D eigenvalue weighted by Crippen LogP contribution is 2.39. The first-order chi connectivity index (χ1) is 9.78. The van der Waals surface area contributed by atoms with Crippen LogP contribution in [0.3, 0.4) is 0 Å². The topological polar surface area (TPSA) is 44.5 Å². The van der Waals surface area contributed by atoms with Crippen molar-refractivity contribution in [2.75, 3.05) is 6.61 Å². The number of nitrogens with two attached hydrogens (primary N) is 1. The second-order valence-corrected chi connectivity index (χ2v) is 4.99. The van der Waals surface area contributed by atoms with E-state index in [1.54, 1.807) is 0 Å². The maximum atomic E-state index is 6.26. The summed E-state index contributed by atoms with van der Waals surface area (Å²) in [6.07, 6.45) is 0.771. The van der Waals surface area contributed by atoms with Gasteiger partial charge in [-0.05, 0) is 30.7 Å². The molecule has 1 aliphatic rings. The van der Waals surface area contributed by atoms with Crippen molar-refractivity contribution in [2.45, 2.75) is 25.5 Å². The summed E-state index contributed by atoms with van der Waals surface area (Å²) in [4.78, 5) is 0. The van der Waals surface area contributed by atoms with Gasteiger partial charge in [-0.25, -0.2) is 0 Å². The number of ether oxygens (including phenoxy) is 2. The molecule has 0 amide bonds. The number of hydrogen-bond donors (Lipinski definition) is 1. The molecule has 2 N–H and O–H groups in total. The summed E-state index contributed by atoms with van der Waals surface area (Å²) >= 11 is 0. The lowest BCUT2D eigenvalue weighted by Gasteiger charge is -2.30. The average molecular weight is 269 g/mol. The summed E-state index contributed by atoms with van der Waals surface area (Å²) in [5, 5.41) is 0. The van der Waals surface area contributed by atoms with Crippen LogP contribution in [-0.2, 0) is 0 Å². The van der Waals surface area contributed by atoms with E-state index in [1.807, 2.05) is 49.4 Å². The van der Waals surface area contributed by atoms with Crippen molar-refractivity contribution < 1.29 is 9.47 Å². The molecule has 20 heavy (non-hydrogen) atoms. The molecule has 0 radical (unpaired) electrons. The fourth-order valence-corrected chi connectivity index (χ4v) is 2.63. The highest BCUT2D eigenvalue weighted by Gasteiger charge is 2.26. The van der Waals surface area contributed by atoms with Gasteiger partial charge in [0.25, 0.3) is 0 Å². The van der Waals surface area contributed by atoms with E-state index in [9.17, 15) is 0 Å². The Kier molecular flexibility index (Phi) is 3.61. The van der Waals surface area contributed by atoms with Crippen LogP contribution in [0.25, 0.3) is 0 Å². The van der Waals surface area contributed by atoms with E-state index in [2.05, 4.69) is 6.07 Å². The molecule has 0 spiro atoms. The fourth-order valence-electron chi connectivity index (χ4n) is 2.63. The summed E-state index contributed by atoms with van der Waals surface area (Å²) < 4.78 is 11.6. The molecule has 0 bridgehead atoms. The van der Waals surface area contributed by atoms with Gasteiger partial charge < -0.3 is 15.2 Å². The van der Waals surface area contributed by atoms with Gasteiger partial charge in [-0.15, -0.1) is 0 Å². The number of para-hydroxylation sites is 1. The Morgan fingerprint density at radius 2 is 2.05 bits per heavy atom. The Bertz CT molecular complexity index is 597. The van der Waals surface area contributed by atoms with Crippen molar-refractivity contribution in [3.8, 4) is 11.5 Å². The minimum Gasteiger partial charge on any atom is -0.494 e. The Balaban J connectivity index is 1.87. The SMILES string of the molecule is CCOc1cccc(C2CC(N)c3ccccc3O2)c1. The first kappa shape index (κ1) is 13.0. The van der Waals surface area contributed by atoms with E-state index in [0.29, 0.717) is 6.61 Å². The summed E-state index contributed by atoms with van der Waals surface area (Å²) in [5.74, 6) is 1.76. The molecular formula is C17H19NO2. The third-order valence-corrected chi connectivity index (χ3v) is 3.60. The van der Waals surface area contributed by atoms with Gasteiger partial charge in [-0.1, -0.05) is 30.3 Å². The fraction of sp³-hybridized carbons (Fsp3) is 0.294. The molecule has 0 fully saturated rings. The normalized spacial score (nSPS) is 20.9. The Labute approximate surface area is 119 Å². The van der Waals surface area contributed by atoms with Crippen LogP contribution in [0.15, 0.2) is 48.5 Å². The summed E-state index contributed by atoms with van der Waals surface area (Å²) in [6, 6.07) is 16.1.